The Labute approximate surface area is 149 Å². The molecule has 3 N–H and O–H groups in total. The van der Waals surface area contributed by atoms with Crippen molar-refractivity contribution in [2.45, 2.75) is 13.0 Å². The van der Waals surface area contributed by atoms with Crippen LogP contribution in [0.3, 0.4) is 0 Å². The average molecular weight is 367 g/mol. The first-order valence-electron chi connectivity index (χ1n) is 7.14. The Morgan fingerprint density at radius 1 is 1.17 bits per heavy atom. The molecule has 24 heavy (non-hydrogen) atoms. The van der Waals surface area contributed by atoms with Crippen LogP contribution in [0.25, 0.3) is 0 Å². The van der Waals surface area contributed by atoms with Crippen LogP contribution in [-0.2, 0) is 9.53 Å². The van der Waals surface area contributed by atoms with Gasteiger partial charge in [-0.15, -0.1) is 0 Å². The minimum absolute atomic E-state index is 0.123. The maximum atomic E-state index is 12.0. The lowest BCUT2D eigenvalue weighted by molar-refractivity contribution is -0.124. The van der Waals surface area contributed by atoms with Crippen LogP contribution in [-0.4, -0.2) is 18.5 Å². The number of nitrogens with two attached hydrogens (primary N) is 1. The number of anilines is 1. The summed E-state index contributed by atoms with van der Waals surface area (Å²) in [5.74, 6) is -1.14. The normalized spacial score (nSPS) is 11.6. The highest BCUT2D eigenvalue weighted by Crippen LogP contribution is 2.19. The fourth-order valence-electron chi connectivity index (χ4n) is 2.06. The fourth-order valence-corrected chi connectivity index (χ4v) is 2.43. The van der Waals surface area contributed by atoms with Gasteiger partial charge < -0.3 is 15.8 Å². The molecule has 0 saturated carbocycles. The van der Waals surface area contributed by atoms with Crippen molar-refractivity contribution < 1.29 is 14.3 Å². The quantitative estimate of drug-likeness (QED) is 0.625. The summed E-state index contributed by atoms with van der Waals surface area (Å²) in [4.78, 5) is 23.9. The number of carbonyl (C=O) groups excluding carboxylic acids is 2. The van der Waals surface area contributed by atoms with Crippen LogP contribution >= 0.6 is 23.2 Å². The fraction of sp³-hybridized carbons (Fsp3) is 0.176. The maximum absolute atomic E-state index is 12.0. The average Bonchev–Trinajstić information content (AvgIpc) is 2.54. The van der Waals surface area contributed by atoms with Gasteiger partial charge in [0.05, 0.1) is 11.6 Å². The number of ether oxygens (including phenoxy) is 1. The van der Waals surface area contributed by atoms with Gasteiger partial charge in [-0.2, -0.15) is 0 Å². The zero-order valence-corrected chi connectivity index (χ0v) is 14.4. The summed E-state index contributed by atoms with van der Waals surface area (Å²) in [6.45, 7) is 1.38. The summed E-state index contributed by atoms with van der Waals surface area (Å²) >= 11 is 11.7. The Morgan fingerprint density at radius 2 is 1.88 bits per heavy atom. The standard InChI is InChI=1S/C17H16Cl2N2O3/c1-10(11-3-2-4-12(18)7-11)21-16(22)9-24-17(23)14-8-13(19)5-6-15(14)20/h2-8,10H,9,20H2,1H3,(H,21,22)/t10-/m0/s1. The van der Waals surface area contributed by atoms with E-state index < -0.39 is 18.5 Å². The van der Waals surface area contributed by atoms with E-state index in [9.17, 15) is 9.59 Å². The molecule has 0 radical (unpaired) electrons. The lowest BCUT2D eigenvalue weighted by Gasteiger charge is -2.15. The highest BCUT2D eigenvalue weighted by Gasteiger charge is 2.15. The molecule has 0 aliphatic rings. The minimum atomic E-state index is -0.708. The zero-order valence-electron chi connectivity index (χ0n) is 12.9. The molecule has 2 aromatic carbocycles. The molecule has 1 atom stereocenters. The van der Waals surface area contributed by atoms with Crippen LogP contribution in [0.1, 0.15) is 28.9 Å². The Kier molecular flexibility index (Phi) is 6.06. The molecule has 2 aromatic rings. The van der Waals surface area contributed by atoms with E-state index in [0.717, 1.165) is 5.56 Å². The monoisotopic (exact) mass is 366 g/mol. The van der Waals surface area contributed by atoms with E-state index in [4.69, 9.17) is 33.7 Å². The molecule has 5 nitrogen and oxygen atoms in total. The lowest BCUT2D eigenvalue weighted by atomic mass is 10.1. The van der Waals surface area contributed by atoms with E-state index in [0.29, 0.717) is 10.0 Å². The number of esters is 1. The first-order valence-corrected chi connectivity index (χ1v) is 7.89. The second-order valence-corrected chi connectivity index (χ2v) is 6.02. The summed E-state index contributed by atoms with van der Waals surface area (Å²) in [5.41, 5.74) is 6.90. The van der Waals surface area contributed by atoms with Gasteiger partial charge in [0.25, 0.3) is 5.91 Å². The predicted molar refractivity (Wildman–Crippen MR) is 94.2 cm³/mol. The molecule has 1 amide bonds. The molecule has 0 aromatic heterocycles. The zero-order chi connectivity index (χ0) is 17.7. The predicted octanol–water partition coefficient (Wildman–Crippen LogP) is 3.61. The highest BCUT2D eigenvalue weighted by molar-refractivity contribution is 6.31. The van der Waals surface area contributed by atoms with Crippen molar-refractivity contribution in [2.24, 2.45) is 0 Å². The molecule has 0 aliphatic carbocycles. The van der Waals surface area contributed by atoms with Crippen molar-refractivity contribution in [1.82, 2.24) is 5.32 Å². The van der Waals surface area contributed by atoms with Crippen molar-refractivity contribution in [1.29, 1.82) is 0 Å². The third-order valence-electron chi connectivity index (χ3n) is 3.30. The number of nitrogen functional groups attached to an aromatic ring is 1. The summed E-state index contributed by atoms with van der Waals surface area (Å²) in [6.07, 6.45) is 0. The number of hydrogen-bond acceptors (Lipinski definition) is 4. The maximum Gasteiger partial charge on any atom is 0.340 e. The van der Waals surface area contributed by atoms with Crippen LogP contribution in [0.4, 0.5) is 5.69 Å². The van der Waals surface area contributed by atoms with E-state index in [1.807, 2.05) is 6.07 Å². The van der Waals surface area contributed by atoms with Gasteiger partial charge in [0, 0.05) is 15.7 Å². The Balaban J connectivity index is 1.91. The van der Waals surface area contributed by atoms with Gasteiger partial charge in [0.15, 0.2) is 6.61 Å². The summed E-state index contributed by atoms with van der Waals surface area (Å²) < 4.78 is 4.97. The molecule has 0 heterocycles. The molecule has 0 spiro atoms. The number of amides is 1. The number of hydrogen-bond donors (Lipinski definition) is 2. The molecule has 2 rings (SSSR count). The Bertz CT molecular complexity index is 765. The SMILES string of the molecule is C[C@H](NC(=O)COC(=O)c1cc(Cl)ccc1N)c1cccc(Cl)c1. The molecule has 126 valence electrons. The number of nitrogens with one attached hydrogen (secondary N) is 1. The van der Waals surface area contributed by atoms with Crippen molar-refractivity contribution in [2.75, 3.05) is 12.3 Å². The highest BCUT2D eigenvalue weighted by atomic mass is 35.5. The van der Waals surface area contributed by atoms with Gasteiger partial charge >= 0.3 is 5.97 Å². The van der Waals surface area contributed by atoms with Gasteiger partial charge in [-0.25, -0.2) is 4.79 Å². The second-order valence-electron chi connectivity index (χ2n) is 5.15. The van der Waals surface area contributed by atoms with Gasteiger partial charge in [-0.3, -0.25) is 4.79 Å². The summed E-state index contributed by atoms with van der Waals surface area (Å²) in [6, 6.07) is 11.3. The molecule has 0 bridgehead atoms. The van der Waals surface area contributed by atoms with Crippen LogP contribution < -0.4 is 11.1 Å². The third kappa shape index (κ3) is 4.88. The second kappa shape index (κ2) is 8.04. The first-order chi connectivity index (χ1) is 11.4. The van der Waals surface area contributed by atoms with Gasteiger partial charge in [0.2, 0.25) is 0 Å². The van der Waals surface area contributed by atoms with Crippen LogP contribution in [0.2, 0.25) is 10.0 Å². The molecular formula is C17H16Cl2N2O3. The number of carbonyl (C=O) groups is 2. The lowest BCUT2D eigenvalue weighted by Crippen LogP contribution is -2.31. The van der Waals surface area contributed by atoms with E-state index in [1.165, 1.54) is 12.1 Å². The third-order valence-corrected chi connectivity index (χ3v) is 3.77. The molecule has 0 unspecified atom stereocenters. The van der Waals surface area contributed by atoms with E-state index in [1.54, 1.807) is 31.2 Å². The van der Waals surface area contributed by atoms with Crippen LogP contribution in [0.15, 0.2) is 42.5 Å². The molecule has 7 heteroatoms. The van der Waals surface area contributed by atoms with Crippen molar-refractivity contribution in [3.05, 3.63) is 63.6 Å². The van der Waals surface area contributed by atoms with Gasteiger partial charge in [-0.1, -0.05) is 35.3 Å². The first kappa shape index (κ1) is 18.1. The van der Waals surface area contributed by atoms with Crippen LogP contribution in [0, 0.1) is 0 Å². The smallest absolute Gasteiger partial charge is 0.340 e. The largest absolute Gasteiger partial charge is 0.452 e. The van der Waals surface area contributed by atoms with Gasteiger partial charge in [-0.05, 0) is 42.8 Å². The van der Waals surface area contributed by atoms with E-state index in [2.05, 4.69) is 5.32 Å². The number of benzene rings is 2. The minimum Gasteiger partial charge on any atom is -0.452 e. The summed E-state index contributed by atoms with van der Waals surface area (Å²) in [7, 11) is 0. The Morgan fingerprint density at radius 3 is 2.58 bits per heavy atom. The summed E-state index contributed by atoms with van der Waals surface area (Å²) in [5, 5.41) is 3.66. The molecular weight excluding hydrogens is 351 g/mol. The molecule has 0 saturated heterocycles. The van der Waals surface area contributed by atoms with Crippen molar-refractivity contribution in [3.8, 4) is 0 Å². The number of rotatable bonds is 5. The number of halogens is 2. The molecule has 0 aliphatic heterocycles. The van der Waals surface area contributed by atoms with E-state index in [-0.39, 0.29) is 17.3 Å². The van der Waals surface area contributed by atoms with Crippen LogP contribution in [0.5, 0.6) is 0 Å². The Hall–Kier alpha value is -2.24. The van der Waals surface area contributed by atoms with E-state index >= 15 is 0 Å². The van der Waals surface area contributed by atoms with Crippen molar-refractivity contribution >= 4 is 40.8 Å². The molecule has 0 fully saturated rings. The van der Waals surface area contributed by atoms with Crippen molar-refractivity contribution in [3.63, 3.8) is 0 Å². The van der Waals surface area contributed by atoms with Gasteiger partial charge in [0.1, 0.15) is 0 Å². The topological polar surface area (TPSA) is 81.4 Å².